The number of aliphatic carboxylic acids is 1. The molecule has 1 N–H and O–H groups in total. The van der Waals surface area contributed by atoms with Crippen LogP contribution in [0.5, 0.6) is 0 Å². The SMILES string of the molecule is CC(C)=CCn1c(SCC(=O)O)nc2c(C)ccnc21. The molecule has 2 rings (SSSR count). The second kappa shape index (κ2) is 6.09. The van der Waals surface area contributed by atoms with Crippen LogP contribution in [0.2, 0.25) is 0 Å². The molecule has 0 aliphatic heterocycles. The molecule has 2 aromatic heterocycles. The largest absolute Gasteiger partial charge is 0.481 e. The minimum atomic E-state index is -0.847. The van der Waals surface area contributed by atoms with E-state index in [1.54, 1.807) is 6.20 Å². The van der Waals surface area contributed by atoms with Gasteiger partial charge in [0.1, 0.15) is 5.52 Å². The minimum Gasteiger partial charge on any atom is -0.481 e. The summed E-state index contributed by atoms with van der Waals surface area (Å²) in [4.78, 5) is 19.7. The Bertz CT molecular complexity index is 672. The van der Waals surface area contributed by atoms with Gasteiger partial charge < -0.3 is 5.11 Å². The van der Waals surface area contributed by atoms with Crippen molar-refractivity contribution in [3.63, 3.8) is 0 Å². The van der Waals surface area contributed by atoms with Gasteiger partial charge in [-0.05, 0) is 32.4 Å². The smallest absolute Gasteiger partial charge is 0.313 e. The summed E-state index contributed by atoms with van der Waals surface area (Å²) in [6.45, 7) is 6.69. The van der Waals surface area contributed by atoms with Crippen LogP contribution in [0.4, 0.5) is 0 Å². The van der Waals surface area contributed by atoms with E-state index >= 15 is 0 Å². The Morgan fingerprint density at radius 3 is 2.90 bits per heavy atom. The Morgan fingerprint density at radius 1 is 1.50 bits per heavy atom. The summed E-state index contributed by atoms with van der Waals surface area (Å²) in [5.41, 5.74) is 3.88. The van der Waals surface area contributed by atoms with Crippen molar-refractivity contribution in [2.24, 2.45) is 0 Å². The summed E-state index contributed by atoms with van der Waals surface area (Å²) in [7, 11) is 0. The molecule has 0 bridgehead atoms. The van der Waals surface area contributed by atoms with Gasteiger partial charge in [-0.25, -0.2) is 9.97 Å². The number of imidazole rings is 1. The maximum absolute atomic E-state index is 10.7. The van der Waals surface area contributed by atoms with Crippen LogP contribution in [0, 0.1) is 6.92 Å². The molecule has 6 heteroatoms. The van der Waals surface area contributed by atoms with Gasteiger partial charge in [0.05, 0.1) is 5.75 Å². The van der Waals surface area contributed by atoms with E-state index in [0.717, 1.165) is 16.7 Å². The molecule has 0 aliphatic rings. The Balaban J connectivity index is 2.47. The minimum absolute atomic E-state index is 0.00279. The number of allylic oxidation sites excluding steroid dienone is 2. The second-order valence-electron chi connectivity index (χ2n) is 4.77. The molecular formula is C14H17N3O2S. The van der Waals surface area contributed by atoms with Crippen LogP contribution in [-0.4, -0.2) is 31.4 Å². The van der Waals surface area contributed by atoms with E-state index in [1.165, 1.54) is 17.3 Å². The van der Waals surface area contributed by atoms with Gasteiger partial charge in [0.2, 0.25) is 0 Å². The first-order valence-electron chi connectivity index (χ1n) is 6.29. The number of hydrogen-bond acceptors (Lipinski definition) is 4. The molecule has 0 atom stereocenters. The van der Waals surface area contributed by atoms with Crippen molar-refractivity contribution in [1.29, 1.82) is 0 Å². The van der Waals surface area contributed by atoms with E-state index in [9.17, 15) is 4.79 Å². The molecule has 2 heterocycles. The van der Waals surface area contributed by atoms with E-state index in [2.05, 4.69) is 16.0 Å². The molecule has 2 aromatic rings. The number of hydrogen-bond donors (Lipinski definition) is 1. The second-order valence-corrected chi connectivity index (χ2v) is 5.71. The van der Waals surface area contributed by atoms with Gasteiger partial charge in [0.15, 0.2) is 10.8 Å². The topological polar surface area (TPSA) is 68.0 Å². The molecule has 0 radical (unpaired) electrons. The lowest BCUT2D eigenvalue weighted by Crippen LogP contribution is -2.03. The number of carboxylic acids is 1. The lowest BCUT2D eigenvalue weighted by Gasteiger charge is -2.05. The number of aromatic nitrogens is 3. The summed E-state index contributed by atoms with van der Waals surface area (Å²) in [5, 5.41) is 9.52. The summed E-state index contributed by atoms with van der Waals surface area (Å²) < 4.78 is 1.96. The van der Waals surface area contributed by atoms with E-state index in [0.29, 0.717) is 11.7 Å². The number of carboxylic acid groups (broad SMARTS) is 1. The zero-order valence-corrected chi connectivity index (χ0v) is 12.6. The van der Waals surface area contributed by atoms with E-state index in [-0.39, 0.29) is 5.75 Å². The molecular weight excluding hydrogens is 274 g/mol. The maximum Gasteiger partial charge on any atom is 0.313 e. The number of fused-ring (bicyclic) bond motifs is 1. The van der Waals surface area contributed by atoms with E-state index in [4.69, 9.17) is 5.11 Å². The summed E-state index contributed by atoms with van der Waals surface area (Å²) >= 11 is 1.22. The fraction of sp³-hybridized carbons (Fsp3) is 0.357. The molecule has 0 fully saturated rings. The molecule has 20 heavy (non-hydrogen) atoms. The third-order valence-electron chi connectivity index (χ3n) is 2.81. The first-order valence-corrected chi connectivity index (χ1v) is 7.27. The Kier molecular flexibility index (Phi) is 4.44. The van der Waals surface area contributed by atoms with Crippen LogP contribution in [-0.2, 0) is 11.3 Å². The van der Waals surface area contributed by atoms with Crippen LogP contribution >= 0.6 is 11.8 Å². The molecule has 5 nitrogen and oxygen atoms in total. The van der Waals surface area contributed by atoms with Crippen molar-refractivity contribution in [3.05, 3.63) is 29.5 Å². The predicted octanol–water partition coefficient (Wildman–Crippen LogP) is 2.88. The normalized spacial score (nSPS) is 10.8. The quantitative estimate of drug-likeness (QED) is 0.677. The maximum atomic E-state index is 10.7. The predicted molar refractivity (Wildman–Crippen MR) is 80.1 cm³/mol. The molecule has 0 aliphatic carbocycles. The average Bonchev–Trinajstić information content (AvgIpc) is 2.73. The van der Waals surface area contributed by atoms with Gasteiger partial charge in [-0.15, -0.1) is 0 Å². The summed E-state index contributed by atoms with van der Waals surface area (Å²) in [6.07, 6.45) is 3.83. The summed E-state index contributed by atoms with van der Waals surface area (Å²) in [6, 6.07) is 1.91. The first-order chi connectivity index (χ1) is 9.49. The van der Waals surface area contributed by atoms with Crippen molar-refractivity contribution in [2.45, 2.75) is 32.5 Å². The van der Waals surface area contributed by atoms with Crippen molar-refractivity contribution in [2.75, 3.05) is 5.75 Å². The lowest BCUT2D eigenvalue weighted by atomic mass is 10.3. The Labute approximate surface area is 121 Å². The fourth-order valence-electron chi connectivity index (χ4n) is 1.79. The van der Waals surface area contributed by atoms with Crippen molar-refractivity contribution < 1.29 is 9.90 Å². The number of pyridine rings is 1. The standard InChI is InChI=1S/C14H17N3O2S/c1-9(2)5-7-17-13-12(10(3)4-6-15-13)16-14(17)20-8-11(18)19/h4-6H,7-8H2,1-3H3,(H,18,19). The molecule has 106 valence electrons. The number of rotatable bonds is 5. The summed E-state index contributed by atoms with van der Waals surface area (Å²) in [5.74, 6) is -0.850. The van der Waals surface area contributed by atoms with Crippen LogP contribution in [0.1, 0.15) is 19.4 Å². The van der Waals surface area contributed by atoms with Gasteiger partial charge in [0, 0.05) is 12.7 Å². The van der Waals surface area contributed by atoms with Gasteiger partial charge in [-0.2, -0.15) is 0 Å². The van der Waals surface area contributed by atoms with Crippen LogP contribution in [0.25, 0.3) is 11.2 Å². The van der Waals surface area contributed by atoms with E-state index in [1.807, 2.05) is 31.4 Å². The van der Waals surface area contributed by atoms with Crippen molar-refractivity contribution in [1.82, 2.24) is 14.5 Å². The van der Waals surface area contributed by atoms with Crippen LogP contribution in [0.3, 0.4) is 0 Å². The van der Waals surface area contributed by atoms with Gasteiger partial charge in [0.25, 0.3) is 0 Å². The number of aryl methyl sites for hydroxylation is 1. The van der Waals surface area contributed by atoms with Gasteiger partial charge in [-0.1, -0.05) is 23.4 Å². The van der Waals surface area contributed by atoms with Crippen LogP contribution < -0.4 is 0 Å². The highest BCUT2D eigenvalue weighted by Crippen LogP contribution is 2.24. The first kappa shape index (κ1) is 14.6. The Hall–Kier alpha value is -1.82. The monoisotopic (exact) mass is 291 g/mol. The van der Waals surface area contributed by atoms with Crippen molar-refractivity contribution >= 4 is 28.9 Å². The Morgan fingerprint density at radius 2 is 2.25 bits per heavy atom. The van der Waals surface area contributed by atoms with Gasteiger partial charge in [-0.3, -0.25) is 9.36 Å². The van der Waals surface area contributed by atoms with Crippen molar-refractivity contribution in [3.8, 4) is 0 Å². The lowest BCUT2D eigenvalue weighted by molar-refractivity contribution is -0.133. The number of nitrogens with zero attached hydrogens (tertiary/aromatic N) is 3. The molecule has 0 saturated carbocycles. The third-order valence-corrected chi connectivity index (χ3v) is 3.77. The molecule has 0 saturated heterocycles. The molecule has 0 aromatic carbocycles. The highest BCUT2D eigenvalue weighted by molar-refractivity contribution is 7.99. The highest BCUT2D eigenvalue weighted by atomic mass is 32.2. The highest BCUT2D eigenvalue weighted by Gasteiger charge is 2.14. The molecule has 0 unspecified atom stereocenters. The average molecular weight is 291 g/mol. The molecule has 0 spiro atoms. The number of thioether (sulfide) groups is 1. The van der Waals surface area contributed by atoms with Gasteiger partial charge >= 0.3 is 5.97 Å². The number of carbonyl (C=O) groups is 1. The molecule has 0 amide bonds. The third kappa shape index (κ3) is 3.19. The van der Waals surface area contributed by atoms with Crippen LogP contribution in [0.15, 0.2) is 29.1 Å². The van der Waals surface area contributed by atoms with E-state index < -0.39 is 5.97 Å². The fourth-order valence-corrected chi connectivity index (χ4v) is 2.52. The zero-order valence-electron chi connectivity index (χ0n) is 11.8. The zero-order chi connectivity index (χ0) is 14.7.